The quantitative estimate of drug-likeness (QED) is 0.439. The second kappa shape index (κ2) is 6.43. The normalized spacial score (nSPS) is 28.5. The Hall–Kier alpha value is -0.963. The minimum absolute atomic E-state index is 0.0387. The highest BCUT2D eigenvalue weighted by atomic mass is 28.4. The van der Waals surface area contributed by atoms with Crippen molar-refractivity contribution in [1.82, 2.24) is 0 Å². The van der Waals surface area contributed by atoms with E-state index in [-0.39, 0.29) is 11.6 Å². The first-order valence-electron chi connectivity index (χ1n) is 6.82. The molecule has 0 amide bonds. The highest BCUT2D eigenvalue weighted by molar-refractivity contribution is 6.74. The fraction of sp³-hybridized carbons (Fsp3) is 0.846. The summed E-state index contributed by atoms with van der Waals surface area (Å²) in [5, 5.41) is 19.9. The predicted octanol–water partition coefficient (Wildman–Crippen LogP) is 0.833. The zero-order chi connectivity index (χ0) is 16.4. The Kier molecular flexibility index (Phi) is 5.54. The molecule has 0 spiro atoms. The molecule has 122 valence electrons. The van der Waals surface area contributed by atoms with Crippen LogP contribution < -0.4 is 0 Å². The van der Waals surface area contributed by atoms with Gasteiger partial charge in [-0.05, 0) is 18.1 Å². The van der Waals surface area contributed by atoms with Crippen LogP contribution in [-0.4, -0.2) is 62.0 Å². The number of rotatable bonds is 5. The van der Waals surface area contributed by atoms with Crippen LogP contribution in [0.5, 0.6) is 0 Å². The van der Waals surface area contributed by atoms with Gasteiger partial charge in [-0.1, -0.05) is 20.8 Å². The highest BCUT2D eigenvalue weighted by Gasteiger charge is 2.44. The number of carbonyl (C=O) groups is 2. The number of aliphatic hydroxyl groups excluding tert-OH is 2. The Morgan fingerprint density at radius 1 is 1.38 bits per heavy atom. The smallest absolute Gasteiger partial charge is 0.425 e. The Morgan fingerprint density at radius 3 is 2.43 bits per heavy atom. The lowest BCUT2D eigenvalue weighted by atomic mass is 10.0. The summed E-state index contributed by atoms with van der Waals surface area (Å²) in [6.07, 6.45) is -6.01. The minimum Gasteiger partial charge on any atom is -0.425 e. The lowest BCUT2D eigenvalue weighted by Crippen LogP contribution is -2.55. The summed E-state index contributed by atoms with van der Waals surface area (Å²) in [4.78, 5) is 21.9. The molecule has 1 aliphatic rings. The second-order valence-corrected chi connectivity index (χ2v) is 11.5. The third-order valence-electron chi connectivity index (χ3n) is 4.07. The van der Waals surface area contributed by atoms with Gasteiger partial charge >= 0.3 is 6.16 Å². The fourth-order valence-corrected chi connectivity index (χ4v) is 2.62. The third kappa shape index (κ3) is 4.25. The van der Waals surface area contributed by atoms with E-state index >= 15 is 0 Å². The van der Waals surface area contributed by atoms with E-state index in [1.165, 1.54) is 0 Å². The van der Waals surface area contributed by atoms with Crippen molar-refractivity contribution in [2.45, 2.75) is 63.3 Å². The molecule has 7 nitrogen and oxygen atoms in total. The van der Waals surface area contributed by atoms with Crippen LogP contribution in [0.15, 0.2) is 0 Å². The van der Waals surface area contributed by atoms with Gasteiger partial charge in [-0.15, -0.1) is 0 Å². The molecule has 0 aromatic carbocycles. The highest BCUT2D eigenvalue weighted by Crippen LogP contribution is 2.36. The number of hydrogen-bond acceptors (Lipinski definition) is 7. The molecule has 8 heteroatoms. The molecule has 0 aliphatic carbocycles. The Morgan fingerprint density at radius 2 is 1.95 bits per heavy atom. The van der Waals surface area contributed by atoms with Gasteiger partial charge in [0.15, 0.2) is 26.8 Å². The van der Waals surface area contributed by atoms with E-state index in [0.29, 0.717) is 6.29 Å². The van der Waals surface area contributed by atoms with Crippen molar-refractivity contribution < 1.29 is 33.7 Å². The van der Waals surface area contributed by atoms with Crippen LogP contribution >= 0.6 is 0 Å². The largest absolute Gasteiger partial charge is 0.509 e. The van der Waals surface area contributed by atoms with E-state index in [2.05, 4.69) is 25.5 Å². The molecule has 1 aliphatic heterocycles. The maximum Gasteiger partial charge on any atom is 0.509 e. The molecule has 21 heavy (non-hydrogen) atoms. The van der Waals surface area contributed by atoms with Crippen molar-refractivity contribution >= 4 is 20.8 Å². The number of aldehydes is 1. The summed E-state index contributed by atoms with van der Waals surface area (Å²) < 4.78 is 15.1. The predicted molar refractivity (Wildman–Crippen MR) is 76.4 cm³/mol. The Bertz CT molecular complexity index is 390. The summed E-state index contributed by atoms with van der Waals surface area (Å²) in [5.41, 5.74) is 0. The standard InChI is InChI=1S/C13H24O7Si/c1-13(2,3)21(4,5)18-7-8(15)11-10(16)9(6-14)19-12(17)20-11/h6,8-11,15-16H,7H2,1-5H3/t8-,9-,10-,11+/m1/s1. The topological polar surface area (TPSA) is 102 Å². The van der Waals surface area contributed by atoms with Crippen LogP contribution in [-0.2, 0) is 18.7 Å². The summed E-state index contributed by atoms with van der Waals surface area (Å²) in [6.45, 7) is 10.1. The van der Waals surface area contributed by atoms with Crippen molar-refractivity contribution in [3.8, 4) is 0 Å². The van der Waals surface area contributed by atoms with Crippen LogP contribution in [0.2, 0.25) is 18.1 Å². The van der Waals surface area contributed by atoms with Crippen LogP contribution in [0.4, 0.5) is 4.79 Å². The third-order valence-corrected chi connectivity index (χ3v) is 8.57. The molecule has 0 bridgehead atoms. The zero-order valence-corrected chi connectivity index (χ0v) is 14.0. The van der Waals surface area contributed by atoms with Gasteiger partial charge in [0.1, 0.15) is 12.2 Å². The van der Waals surface area contributed by atoms with Crippen molar-refractivity contribution in [1.29, 1.82) is 0 Å². The first-order valence-corrected chi connectivity index (χ1v) is 9.73. The second-order valence-electron chi connectivity index (χ2n) is 6.68. The molecular formula is C13H24O7Si. The van der Waals surface area contributed by atoms with Gasteiger partial charge in [-0.3, -0.25) is 4.79 Å². The van der Waals surface area contributed by atoms with Crippen LogP contribution in [0.3, 0.4) is 0 Å². The van der Waals surface area contributed by atoms with Crippen LogP contribution in [0.25, 0.3) is 0 Å². The van der Waals surface area contributed by atoms with E-state index in [0.717, 1.165) is 0 Å². The average Bonchev–Trinajstić information content (AvgIpc) is 2.37. The SMILES string of the molecule is CC(C)(C)[Si](C)(C)OC[C@@H](O)[C@@H]1OC(=O)O[C@H](C=O)[C@H]1O. The molecule has 1 heterocycles. The van der Waals surface area contributed by atoms with Crippen molar-refractivity contribution in [3.63, 3.8) is 0 Å². The van der Waals surface area contributed by atoms with Gasteiger partial charge in [0.2, 0.25) is 0 Å². The summed E-state index contributed by atoms with van der Waals surface area (Å²) in [5.74, 6) is 0. The lowest BCUT2D eigenvalue weighted by molar-refractivity contribution is -0.173. The van der Waals surface area contributed by atoms with Gasteiger partial charge < -0.3 is 24.1 Å². The average molecular weight is 320 g/mol. The Balaban J connectivity index is 2.68. The van der Waals surface area contributed by atoms with E-state index in [9.17, 15) is 19.8 Å². The van der Waals surface area contributed by atoms with E-state index in [1.807, 2.05) is 13.1 Å². The molecule has 1 fully saturated rings. The van der Waals surface area contributed by atoms with Crippen LogP contribution in [0, 0.1) is 0 Å². The fourth-order valence-electron chi connectivity index (χ4n) is 1.60. The molecule has 1 saturated heterocycles. The number of carbonyl (C=O) groups excluding carboxylic acids is 2. The molecule has 0 aromatic rings. The van der Waals surface area contributed by atoms with Crippen molar-refractivity contribution in [2.75, 3.05) is 6.61 Å². The Labute approximate surface area is 125 Å². The summed E-state index contributed by atoms with van der Waals surface area (Å²) >= 11 is 0. The molecule has 0 unspecified atom stereocenters. The molecule has 2 N–H and O–H groups in total. The lowest BCUT2D eigenvalue weighted by Gasteiger charge is -2.38. The van der Waals surface area contributed by atoms with Gasteiger partial charge in [-0.25, -0.2) is 4.79 Å². The molecule has 1 rings (SSSR count). The number of ether oxygens (including phenoxy) is 2. The van der Waals surface area contributed by atoms with Gasteiger partial charge in [0.05, 0.1) is 6.61 Å². The van der Waals surface area contributed by atoms with E-state index in [4.69, 9.17) is 9.16 Å². The van der Waals surface area contributed by atoms with Crippen LogP contribution in [0.1, 0.15) is 20.8 Å². The first kappa shape index (κ1) is 18.1. The number of aliphatic hydroxyl groups is 2. The summed E-state index contributed by atoms with van der Waals surface area (Å²) in [7, 11) is -2.08. The van der Waals surface area contributed by atoms with Gasteiger partial charge in [-0.2, -0.15) is 0 Å². The zero-order valence-electron chi connectivity index (χ0n) is 13.0. The van der Waals surface area contributed by atoms with Gasteiger partial charge in [0, 0.05) is 0 Å². The van der Waals surface area contributed by atoms with E-state index < -0.39 is 38.9 Å². The maximum atomic E-state index is 11.2. The molecular weight excluding hydrogens is 296 g/mol. The molecule has 0 radical (unpaired) electrons. The van der Waals surface area contributed by atoms with E-state index in [1.54, 1.807) is 0 Å². The maximum absolute atomic E-state index is 11.2. The van der Waals surface area contributed by atoms with Crippen molar-refractivity contribution in [2.24, 2.45) is 0 Å². The van der Waals surface area contributed by atoms with Crippen molar-refractivity contribution in [3.05, 3.63) is 0 Å². The minimum atomic E-state index is -2.08. The number of hydrogen-bond donors (Lipinski definition) is 2. The monoisotopic (exact) mass is 320 g/mol. The summed E-state index contributed by atoms with van der Waals surface area (Å²) in [6, 6.07) is 0. The molecule has 4 atom stereocenters. The first-order chi connectivity index (χ1) is 9.49. The van der Waals surface area contributed by atoms with Gasteiger partial charge in [0.25, 0.3) is 0 Å². The molecule has 0 aromatic heterocycles. The number of cyclic esters (lactones) is 2. The molecule has 0 saturated carbocycles.